The molecule has 6 atom stereocenters. The van der Waals surface area contributed by atoms with Crippen molar-refractivity contribution in [2.24, 2.45) is 0 Å². The van der Waals surface area contributed by atoms with Crippen molar-refractivity contribution in [2.45, 2.75) is 81.0 Å². The largest absolute Gasteiger partial charge is 0.445 e. The molecule has 0 radical (unpaired) electrons. The van der Waals surface area contributed by atoms with Crippen LogP contribution in [0.15, 0.2) is 48.6 Å². The molecule has 0 aromatic heterocycles. The summed E-state index contributed by atoms with van der Waals surface area (Å²) in [5.74, 6) is 11.5. The molecule has 9 heteroatoms. The molecular formula is C29H35NO7Si. The predicted molar refractivity (Wildman–Crippen MR) is 144 cm³/mol. The molecule has 2 bridgehead atoms. The fourth-order valence-corrected chi connectivity index (χ4v) is 9.05. The van der Waals surface area contributed by atoms with Gasteiger partial charge in [-0.3, -0.25) is 9.69 Å². The van der Waals surface area contributed by atoms with Crippen LogP contribution in [-0.4, -0.2) is 79.1 Å². The number of amides is 1. The van der Waals surface area contributed by atoms with E-state index < -0.39 is 49.6 Å². The molecular weight excluding hydrogens is 502 g/mol. The maximum atomic E-state index is 13.7. The minimum absolute atomic E-state index is 0.0481. The zero-order chi connectivity index (χ0) is 27.8. The first kappa shape index (κ1) is 28.1. The van der Waals surface area contributed by atoms with Gasteiger partial charge in [0, 0.05) is 12.7 Å². The third-order valence-corrected chi connectivity index (χ3v) is 13.0. The molecule has 2 fully saturated rings. The quantitative estimate of drug-likeness (QED) is 0.209. The van der Waals surface area contributed by atoms with Crippen LogP contribution < -0.4 is 0 Å². The molecule has 1 N–H and O–H groups in total. The zero-order valence-corrected chi connectivity index (χ0v) is 23.6. The molecule has 0 aromatic carbocycles. The Morgan fingerprint density at radius 2 is 1.92 bits per heavy atom. The molecule has 4 rings (SSSR count). The van der Waals surface area contributed by atoms with Crippen LogP contribution in [0.5, 0.6) is 0 Å². The molecule has 38 heavy (non-hydrogen) atoms. The highest BCUT2D eigenvalue weighted by atomic mass is 28.4. The van der Waals surface area contributed by atoms with E-state index in [-0.39, 0.29) is 18.0 Å². The third-order valence-electron chi connectivity index (χ3n) is 8.31. The monoisotopic (exact) mass is 537 g/mol. The van der Waals surface area contributed by atoms with Crippen LogP contribution in [-0.2, 0) is 23.4 Å². The van der Waals surface area contributed by atoms with Gasteiger partial charge in [0.1, 0.15) is 12.6 Å². The second kappa shape index (κ2) is 10.3. The Morgan fingerprint density at radius 3 is 2.53 bits per heavy atom. The SMILES string of the molecule is C=CCOC(=O)N1[C@H]2C#C/C=C\C#C[C@@H](O)[C@@]3(O[C@@]23[C@@H](C)O[Si](CC)(CC)CC)C2=CC(=O)C=C[C@]21OC. The minimum atomic E-state index is -2.20. The Hall–Kier alpha value is -2.92. The van der Waals surface area contributed by atoms with Crippen LogP contribution in [0.3, 0.4) is 0 Å². The number of ketones is 1. The number of ether oxygens (including phenoxy) is 3. The van der Waals surface area contributed by atoms with Crippen molar-refractivity contribution < 1.29 is 33.3 Å². The summed E-state index contributed by atoms with van der Waals surface area (Å²) in [6, 6.07) is 1.66. The number of aliphatic hydroxyl groups is 1. The van der Waals surface area contributed by atoms with Crippen molar-refractivity contribution in [3.63, 3.8) is 0 Å². The Balaban J connectivity index is 2.02. The molecule has 2 aliphatic heterocycles. The normalized spacial score (nSPS) is 34.2. The first-order chi connectivity index (χ1) is 18.2. The smallest absolute Gasteiger partial charge is 0.414 e. The Labute approximate surface area is 225 Å². The highest BCUT2D eigenvalue weighted by Gasteiger charge is 2.88. The third kappa shape index (κ3) is 3.85. The summed E-state index contributed by atoms with van der Waals surface area (Å²) in [5.41, 5.74) is -4.24. The van der Waals surface area contributed by atoms with Crippen molar-refractivity contribution >= 4 is 20.2 Å². The van der Waals surface area contributed by atoms with Crippen molar-refractivity contribution in [1.29, 1.82) is 0 Å². The average Bonchev–Trinajstić information content (AvgIpc) is 3.65. The Bertz CT molecular complexity index is 1220. The number of epoxide rings is 1. The van der Waals surface area contributed by atoms with E-state index in [1.165, 1.54) is 42.4 Å². The van der Waals surface area contributed by atoms with Gasteiger partial charge in [0.15, 0.2) is 37.1 Å². The zero-order valence-electron chi connectivity index (χ0n) is 22.6. The lowest BCUT2D eigenvalue weighted by molar-refractivity contribution is -0.118. The van der Waals surface area contributed by atoms with E-state index >= 15 is 0 Å². The topological polar surface area (TPSA) is 97.8 Å². The fourth-order valence-electron chi connectivity index (χ4n) is 6.13. The van der Waals surface area contributed by atoms with Gasteiger partial charge in [-0.05, 0) is 55.4 Å². The maximum Gasteiger partial charge on any atom is 0.414 e. The highest BCUT2D eigenvalue weighted by molar-refractivity contribution is 6.73. The van der Waals surface area contributed by atoms with Crippen LogP contribution in [0.25, 0.3) is 0 Å². The van der Waals surface area contributed by atoms with Gasteiger partial charge in [0.25, 0.3) is 0 Å². The van der Waals surface area contributed by atoms with E-state index in [9.17, 15) is 14.7 Å². The number of rotatable bonds is 9. The number of hydrogen-bond donors (Lipinski definition) is 1. The van der Waals surface area contributed by atoms with Gasteiger partial charge in [-0.2, -0.15) is 0 Å². The average molecular weight is 538 g/mol. The standard InChI is InChI=1S/C29H35NO7Si/c1-7-19-35-26(33)30-24-15-13-11-12-14-16-25(32)29(23-20-22(31)17-18-27(23,30)34-6)28(24,37-29)21(5)36-38(8-2,9-3)10-4/h7,11-12,17-18,20-21,24-25,32H,1,8-10,19H2,2-6H3/b12-11-/t21-,24+,25-,27+,28+,29+/m1/s1. The lowest BCUT2D eigenvalue weighted by atomic mass is 9.66. The number of aliphatic hydroxyl groups excluding tert-OH is 1. The molecule has 0 aromatic rings. The van der Waals surface area contributed by atoms with Gasteiger partial charge in [-0.1, -0.05) is 57.1 Å². The van der Waals surface area contributed by atoms with Crippen molar-refractivity contribution in [1.82, 2.24) is 4.90 Å². The summed E-state index contributed by atoms with van der Waals surface area (Å²) in [4.78, 5) is 27.9. The van der Waals surface area contributed by atoms with Crippen molar-refractivity contribution in [3.8, 4) is 23.7 Å². The number of methoxy groups -OCH3 is 1. The maximum absolute atomic E-state index is 13.7. The number of fused-ring (bicyclic) bond motifs is 1. The first-order valence-corrected chi connectivity index (χ1v) is 15.5. The van der Waals surface area contributed by atoms with E-state index in [1.807, 2.05) is 6.92 Å². The van der Waals surface area contributed by atoms with E-state index in [2.05, 4.69) is 51.0 Å². The predicted octanol–water partition coefficient (Wildman–Crippen LogP) is 3.26. The highest BCUT2D eigenvalue weighted by Crippen LogP contribution is 2.68. The Kier molecular flexibility index (Phi) is 7.64. The summed E-state index contributed by atoms with van der Waals surface area (Å²) in [6.07, 6.45) is 5.96. The van der Waals surface area contributed by atoms with Gasteiger partial charge in [-0.15, -0.1) is 0 Å². The molecule has 4 aliphatic rings. The number of carbonyl (C=O) groups excluding carboxylic acids is 2. The van der Waals surface area contributed by atoms with Crippen LogP contribution in [0.4, 0.5) is 4.79 Å². The Morgan fingerprint density at radius 1 is 1.26 bits per heavy atom. The second-order valence-electron chi connectivity index (χ2n) is 9.78. The molecule has 202 valence electrons. The van der Waals surface area contributed by atoms with Gasteiger partial charge in [0.2, 0.25) is 0 Å². The van der Waals surface area contributed by atoms with Crippen molar-refractivity contribution in [3.05, 3.63) is 48.6 Å². The molecule has 0 saturated carbocycles. The minimum Gasteiger partial charge on any atom is -0.445 e. The molecule has 2 aliphatic carbocycles. The first-order valence-electron chi connectivity index (χ1n) is 13.0. The summed E-state index contributed by atoms with van der Waals surface area (Å²) in [6.45, 7) is 11.8. The molecule has 2 heterocycles. The van der Waals surface area contributed by atoms with Gasteiger partial charge in [0.05, 0.1) is 6.10 Å². The summed E-state index contributed by atoms with van der Waals surface area (Å²) < 4.78 is 25.1. The van der Waals surface area contributed by atoms with Crippen LogP contribution in [0.2, 0.25) is 18.1 Å². The van der Waals surface area contributed by atoms with Crippen LogP contribution >= 0.6 is 0 Å². The lowest BCUT2D eigenvalue weighted by Crippen LogP contribution is -2.73. The summed E-state index contributed by atoms with van der Waals surface area (Å²) in [5, 5.41) is 11.6. The van der Waals surface area contributed by atoms with E-state index in [4.69, 9.17) is 18.6 Å². The van der Waals surface area contributed by atoms with Gasteiger partial charge < -0.3 is 23.7 Å². The van der Waals surface area contributed by atoms with Crippen LogP contribution in [0.1, 0.15) is 27.7 Å². The van der Waals surface area contributed by atoms with Crippen LogP contribution in [0, 0.1) is 23.7 Å². The van der Waals surface area contributed by atoms with Gasteiger partial charge in [-0.25, -0.2) is 4.79 Å². The number of nitrogens with zero attached hydrogens (tertiary/aromatic N) is 1. The molecule has 2 saturated heterocycles. The molecule has 8 nitrogen and oxygen atoms in total. The fraction of sp³-hybridized carbons (Fsp3) is 0.517. The number of likely N-dealkylation sites (tertiary alicyclic amines) is 1. The van der Waals surface area contributed by atoms with E-state index in [1.54, 1.807) is 6.08 Å². The van der Waals surface area contributed by atoms with Crippen molar-refractivity contribution in [2.75, 3.05) is 13.7 Å². The molecule has 1 amide bonds. The molecule has 0 spiro atoms. The number of carbonyl (C=O) groups is 2. The lowest BCUT2D eigenvalue weighted by Gasteiger charge is -2.53. The number of hydrogen-bond acceptors (Lipinski definition) is 7. The molecule has 0 unspecified atom stereocenters. The number of allylic oxidation sites excluding steroid dienone is 4. The summed E-state index contributed by atoms with van der Waals surface area (Å²) in [7, 11) is -0.784. The van der Waals surface area contributed by atoms with E-state index in [0.717, 1.165) is 18.1 Å². The second-order valence-corrected chi connectivity index (χ2v) is 14.5. The van der Waals surface area contributed by atoms with E-state index in [0.29, 0.717) is 0 Å². The van der Waals surface area contributed by atoms with Gasteiger partial charge >= 0.3 is 6.09 Å². The number of piperidine rings is 1. The summed E-state index contributed by atoms with van der Waals surface area (Å²) >= 11 is 0.